The smallest absolute Gasteiger partial charge is 0.209 e. The molecule has 1 fully saturated rings. The van der Waals surface area contributed by atoms with Crippen molar-refractivity contribution in [3.05, 3.63) is 83.6 Å². The Labute approximate surface area is 175 Å². The van der Waals surface area contributed by atoms with E-state index >= 15 is 0 Å². The van der Waals surface area contributed by atoms with Crippen molar-refractivity contribution < 1.29 is 4.79 Å². The van der Waals surface area contributed by atoms with Gasteiger partial charge in [0.1, 0.15) is 6.07 Å². The Morgan fingerprint density at radius 3 is 2.37 bits per heavy atom. The number of para-hydroxylation sites is 1. The average molecular weight is 394 g/mol. The number of benzene rings is 2. The molecule has 5 heteroatoms. The van der Waals surface area contributed by atoms with Gasteiger partial charge in [0.25, 0.3) is 0 Å². The monoisotopic (exact) mass is 394 g/mol. The number of anilines is 1. The van der Waals surface area contributed by atoms with E-state index in [1.54, 1.807) is 6.07 Å². The Bertz CT molecular complexity index is 1290. The highest BCUT2D eigenvalue weighted by atomic mass is 16.1. The topological polar surface area (TPSA) is 51.8 Å². The number of nitriles is 1. The predicted molar refractivity (Wildman–Crippen MR) is 119 cm³/mol. The van der Waals surface area contributed by atoms with Crippen LogP contribution in [0.4, 0.5) is 5.69 Å². The largest absolute Gasteiger partial charge is 0.369 e. The van der Waals surface area contributed by atoms with Crippen LogP contribution in [-0.4, -0.2) is 48.3 Å². The van der Waals surface area contributed by atoms with Crippen LogP contribution >= 0.6 is 0 Å². The minimum atomic E-state index is -0.0761. The fourth-order valence-electron chi connectivity index (χ4n) is 4.24. The van der Waals surface area contributed by atoms with Gasteiger partial charge in [0.15, 0.2) is 0 Å². The van der Waals surface area contributed by atoms with Gasteiger partial charge in [-0.15, -0.1) is 0 Å². The highest BCUT2D eigenvalue weighted by molar-refractivity contribution is 6.10. The van der Waals surface area contributed by atoms with Crippen LogP contribution < -0.4 is 4.90 Å². The van der Waals surface area contributed by atoms with Gasteiger partial charge in [-0.05, 0) is 54.9 Å². The summed E-state index contributed by atoms with van der Waals surface area (Å²) < 4.78 is 1.91. The summed E-state index contributed by atoms with van der Waals surface area (Å²) >= 11 is 0. The van der Waals surface area contributed by atoms with Crippen molar-refractivity contribution in [2.75, 3.05) is 38.1 Å². The first-order valence-corrected chi connectivity index (χ1v) is 10.2. The van der Waals surface area contributed by atoms with E-state index in [9.17, 15) is 10.1 Å². The number of hydrogen-bond acceptors (Lipinski definition) is 4. The third-order valence-corrected chi connectivity index (χ3v) is 5.99. The minimum absolute atomic E-state index is 0.0761. The molecular weight excluding hydrogens is 372 g/mol. The van der Waals surface area contributed by atoms with Crippen LogP contribution in [0.15, 0.2) is 66.7 Å². The van der Waals surface area contributed by atoms with Gasteiger partial charge in [0.2, 0.25) is 5.78 Å². The molecule has 4 aromatic rings. The van der Waals surface area contributed by atoms with Crippen molar-refractivity contribution in [3.63, 3.8) is 0 Å². The van der Waals surface area contributed by atoms with E-state index in [4.69, 9.17) is 0 Å². The Balaban J connectivity index is 1.55. The lowest BCUT2D eigenvalue weighted by Crippen LogP contribution is -2.44. The highest BCUT2D eigenvalue weighted by Crippen LogP contribution is 2.26. The lowest BCUT2D eigenvalue weighted by Gasteiger charge is -2.34. The van der Waals surface area contributed by atoms with Crippen LogP contribution in [0.5, 0.6) is 0 Å². The number of ketones is 1. The van der Waals surface area contributed by atoms with Crippen molar-refractivity contribution in [3.8, 4) is 6.07 Å². The number of aromatic nitrogens is 1. The van der Waals surface area contributed by atoms with Gasteiger partial charge in [0, 0.05) is 37.4 Å². The van der Waals surface area contributed by atoms with Gasteiger partial charge in [-0.2, -0.15) is 5.26 Å². The molecule has 30 heavy (non-hydrogen) atoms. The second kappa shape index (κ2) is 7.33. The zero-order valence-corrected chi connectivity index (χ0v) is 16.9. The van der Waals surface area contributed by atoms with Crippen LogP contribution in [0.1, 0.15) is 21.6 Å². The molecular formula is C25H22N4O. The van der Waals surface area contributed by atoms with Crippen molar-refractivity contribution in [1.82, 2.24) is 9.30 Å². The summed E-state index contributed by atoms with van der Waals surface area (Å²) in [5.41, 5.74) is 4.49. The fraction of sp³-hybridized carbons (Fsp3) is 0.200. The van der Waals surface area contributed by atoms with E-state index in [2.05, 4.69) is 22.9 Å². The van der Waals surface area contributed by atoms with Gasteiger partial charge in [-0.1, -0.05) is 24.3 Å². The Kier molecular flexibility index (Phi) is 4.50. The average Bonchev–Trinajstić information content (AvgIpc) is 3.18. The highest BCUT2D eigenvalue weighted by Gasteiger charge is 2.20. The molecule has 0 bridgehead atoms. The van der Waals surface area contributed by atoms with Crippen molar-refractivity contribution in [1.29, 1.82) is 5.26 Å². The van der Waals surface area contributed by atoms with E-state index < -0.39 is 0 Å². The van der Waals surface area contributed by atoms with E-state index in [1.807, 2.05) is 65.1 Å². The first kappa shape index (κ1) is 18.4. The zero-order valence-electron chi connectivity index (χ0n) is 16.9. The molecule has 0 unspecified atom stereocenters. The second-order valence-electron chi connectivity index (χ2n) is 7.83. The summed E-state index contributed by atoms with van der Waals surface area (Å²) in [6.07, 6.45) is 0. The van der Waals surface area contributed by atoms with Crippen molar-refractivity contribution in [2.45, 2.75) is 0 Å². The van der Waals surface area contributed by atoms with Gasteiger partial charge < -0.3 is 14.2 Å². The number of pyridine rings is 1. The maximum Gasteiger partial charge on any atom is 0.209 e. The molecule has 0 aliphatic carbocycles. The van der Waals surface area contributed by atoms with Crippen LogP contribution in [0, 0.1) is 11.3 Å². The summed E-state index contributed by atoms with van der Waals surface area (Å²) in [6, 6.07) is 23.6. The van der Waals surface area contributed by atoms with E-state index in [0.29, 0.717) is 16.8 Å². The van der Waals surface area contributed by atoms with Gasteiger partial charge >= 0.3 is 0 Å². The van der Waals surface area contributed by atoms with Crippen LogP contribution in [0.2, 0.25) is 0 Å². The number of hydrogen-bond donors (Lipinski definition) is 0. The number of carbonyl (C=O) groups excluding carboxylic acids is 1. The maximum absolute atomic E-state index is 13.4. The number of fused-ring (bicyclic) bond motifs is 3. The molecule has 0 saturated carbocycles. The third kappa shape index (κ3) is 3.02. The number of carbonyl (C=O) groups is 1. The predicted octanol–water partition coefficient (Wildman–Crippen LogP) is 3.95. The molecule has 2 aromatic carbocycles. The summed E-state index contributed by atoms with van der Waals surface area (Å²) in [5.74, 6) is -0.0761. The van der Waals surface area contributed by atoms with Gasteiger partial charge in [-0.3, -0.25) is 4.79 Å². The van der Waals surface area contributed by atoms with Gasteiger partial charge in [-0.25, -0.2) is 0 Å². The minimum Gasteiger partial charge on any atom is -0.369 e. The number of nitrogens with zero attached hydrogens (tertiary/aromatic N) is 4. The van der Waals surface area contributed by atoms with Crippen LogP contribution in [0.25, 0.3) is 16.4 Å². The summed E-state index contributed by atoms with van der Waals surface area (Å²) in [5, 5.41) is 10.6. The lowest BCUT2D eigenvalue weighted by atomic mass is 10.1. The molecule has 0 amide bonds. The summed E-state index contributed by atoms with van der Waals surface area (Å²) in [6.45, 7) is 4.07. The quantitative estimate of drug-likeness (QED) is 0.494. The molecule has 0 spiro atoms. The number of piperazine rings is 1. The number of rotatable bonds is 3. The Morgan fingerprint density at radius 1 is 0.900 bits per heavy atom. The number of likely N-dealkylation sites (N-methyl/N-ethyl adjacent to an activating group) is 1. The second-order valence-corrected chi connectivity index (χ2v) is 7.83. The first-order valence-electron chi connectivity index (χ1n) is 10.2. The van der Waals surface area contributed by atoms with Crippen molar-refractivity contribution in [2.24, 2.45) is 0 Å². The SMILES string of the molecule is CN1CCN(c2ccc(C(=O)c3cc(C#N)c4ccc5ccccc5n34)cc2)CC1. The molecule has 2 aromatic heterocycles. The molecule has 1 aliphatic rings. The first-order chi connectivity index (χ1) is 14.7. The van der Waals surface area contributed by atoms with Crippen LogP contribution in [-0.2, 0) is 0 Å². The normalized spacial score (nSPS) is 14.9. The fourth-order valence-corrected chi connectivity index (χ4v) is 4.24. The molecule has 5 nitrogen and oxygen atoms in total. The zero-order chi connectivity index (χ0) is 20.7. The molecule has 1 saturated heterocycles. The Morgan fingerprint density at radius 2 is 1.63 bits per heavy atom. The standard InChI is InChI=1S/C25H22N4O/c1-27-12-14-28(15-13-27)21-9-6-19(7-10-21)25(30)24-16-20(17-26)23-11-8-18-4-2-3-5-22(18)29(23)24/h2-11,16H,12-15H2,1H3. The molecule has 5 rings (SSSR count). The van der Waals surface area contributed by atoms with Crippen molar-refractivity contribution >= 4 is 27.9 Å². The summed E-state index contributed by atoms with van der Waals surface area (Å²) in [7, 11) is 2.14. The van der Waals surface area contributed by atoms with Gasteiger partial charge in [0.05, 0.1) is 22.3 Å². The van der Waals surface area contributed by atoms with E-state index in [1.165, 1.54) is 0 Å². The third-order valence-electron chi connectivity index (χ3n) is 5.99. The lowest BCUT2D eigenvalue weighted by molar-refractivity contribution is 0.103. The summed E-state index contributed by atoms with van der Waals surface area (Å²) in [4.78, 5) is 18.1. The maximum atomic E-state index is 13.4. The van der Waals surface area contributed by atoms with Crippen LogP contribution in [0.3, 0.4) is 0 Å². The molecule has 148 valence electrons. The molecule has 0 atom stereocenters. The molecule has 0 radical (unpaired) electrons. The molecule has 3 heterocycles. The van der Waals surface area contributed by atoms with E-state index in [-0.39, 0.29) is 5.78 Å². The molecule has 1 aliphatic heterocycles. The van der Waals surface area contributed by atoms with E-state index in [0.717, 1.165) is 48.3 Å². The Hall–Kier alpha value is -3.62. The molecule has 0 N–H and O–H groups in total.